The lowest BCUT2D eigenvalue weighted by atomic mass is 9.81. The SMILES string of the molecule is CC1(C)c2ccccc2-c2ccc(-c3ccc(N(c4ccc(-c5ccc(-c6ccc7oc8ccccc8c7c6)cc5)cc4)c4ccc(-c5ccc6c(c5)C(C)(C)c5ccccc5-6)cc4)cc3)cc21. The van der Waals surface area contributed by atoms with Crippen molar-refractivity contribution >= 4 is 39.0 Å². The fraction of sp³-hybridized carbons (Fsp3) is 0.0909. The van der Waals surface area contributed by atoms with Gasteiger partial charge in [0.2, 0.25) is 0 Å². The Hall–Kier alpha value is -8.20. The standard InChI is InChI=1S/C66H49NO/c1-65(2)59-14-8-5-11-53(59)55-36-27-48(40-61(55)65)45-23-32-51(33-24-45)67(52-34-25-46(26-35-52)49-28-37-56-54-12-6-9-15-60(54)66(3,4)62(56)41-49)50-30-21-43(22-31-50)42-17-19-44(20-18-42)47-29-38-64-58(39-47)57-13-7-10-16-63(57)68-64/h5-41H,1-4H3. The zero-order chi connectivity index (χ0) is 45.7. The van der Waals surface area contributed by atoms with Crippen LogP contribution in [0.2, 0.25) is 0 Å². The van der Waals surface area contributed by atoms with E-state index >= 15 is 0 Å². The summed E-state index contributed by atoms with van der Waals surface area (Å²) >= 11 is 0. The molecule has 0 saturated heterocycles. The van der Waals surface area contributed by atoms with Crippen molar-refractivity contribution in [2.45, 2.75) is 38.5 Å². The lowest BCUT2D eigenvalue weighted by Gasteiger charge is -2.26. The second kappa shape index (κ2) is 15.2. The predicted molar refractivity (Wildman–Crippen MR) is 285 cm³/mol. The van der Waals surface area contributed by atoms with Gasteiger partial charge >= 0.3 is 0 Å². The van der Waals surface area contributed by atoms with E-state index in [9.17, 15) is 0 Å². The van der Waals surface area contributed by atoms with Crippen molar-refractivity contribution < 1.29 is 4.42 Å². The highest BCUT2D eigenvalue weighted by Gasteiger charge is 2.36. The van der Waals surface area contributed by atoms with Crippen LogP contribution in [0.4, 0.5) is 17.1 Å². The van der Waals surface area contributed by atoms with E-state index in [4.69, 9.17) is 4.42 Å². The molecular weight excluding hydrogens is 823 g/mol. The molecule has 2 aliphatic carbocycles. The van der Waals surface area contributed by atoms with Crippen LogP contribution < -0.4 is 4.90 Å². The summed E-state index contributed by atoms with van der Waals surface area (Å²) in [5.74, 6) is 0. The molecule has 0 radical (unpaired) electrons. The zero-order valence-electron chi connectivity index (χ0n) is 38.7. The van der Waals surface area contributed by atoms with Crippen LogP contribution in [0.3, 0.4) is 0 Å². The first kappa shape index (κ1) is 40.1. The largest absolute Gasteiger partial charge is 0.456 e. The van der Waals surface area contributed by atoms with Crippen molar-refractivity contribution in [1.82, 2.24) is 0 Å². The minimum absolute atomic E-state index is 0.0503. The number of nitrogens with zero attached hydrogens (tertiary/aromatic N) is 1. The highest BCUT2D eigenvalue weighted by atomic mass is 16.3. The Labute approximate surface area is 398 Å². The van der Waals surface area contributed by atoms with Crippen LogP contribution >= 0.6 is 0 Å². The van der Waals surface area contributed by atoms with Gasteiger partial charge < -0.3 is 9.32 Å². The summed E-state index contributed by atoms with van der Waals surface area (Å²) < 4.78 is 6.10. The average molecular weight is 872 g/mol. The first-order valence-corrected chi connectivity index (χ1v) is 23.8. The molecule has 1 heterocycles. The second-order valence-electron chi connectivity index (χ2n) is 19.7. The van der Waals surface area contributed by atoms with Crippen LogP contribution in [-0.2, 0) is 10.8 Å². The van der Waals surface area contributed by atoms with Crippen molar-refractivity contribution in [3.05, 3.63) is 247 Å². The molecule has 68 heavy (non-hydrogen) atoms. The Kier molecular flexibility index (Phi) is 8.95. The molecular formula is C66H49NO. The maximum Gasteiger partial charge on any atom is 0.135 e. The fourth-order valence-corrected chi connectivity index (χ4v) is 11.4. The first-order chi connectivity index (χ1) is 33.2. The van der Waals surface area contributed by atoms with Crippen LogP contribution in [0.15, 0.2) is 229 Å². The van der Waals surface area contributed by atoms with Gasteiger partial charge in [-0.25, -0.2) is 0 Å². The van der Waals surface area contributed by atoms with Gasteiger partial charge in [0.1, 0.15) is 11.2 Å². The molecule has 0 fully saturated rings. The van der Waals surface area contributed by atoms with Crippen molar-refractivity contribution in [1.29, 1.82) is 0 Å². The number of para-hydroxylation sites is 1. The van der Waals surface area contributed by atoms with Gasteiger partial charge in [0.15, 0.2) is 0 Å². The van der Waals surface area contributed by atoms with Crippen molar-refractivity contribution in [2.24, 2.45) is 0 Å². The van der Waals surface area contributed by atoms with Crippen LogP contribution in [0.5, 0.6) is 0 Å². The van der Waals surface area contributed by atoms with Gasteiger partial charge in [-0.2, -0.15) is 0 Å². The Morgan fingerprint density at radius 1 is 0.279 bits per heavy atom. The third-order valence-corrected chi connectivity index (χ3v) is 15.1. The zero-order valence-corrected chi connectivity index (χ0v) is 38.7. The minimum atomic E-state index is -0.0503. The van der Waals surface area contributed by atoms with Gasteiger partial charge in [0, 0.05) is 38.7 Å². The fourth-order valence-electron chi connectivity index (χ4n) is 11.4. The summed E-state index contributed by atoms with van der Waals surface area (Å²) in [7, 11) is 0. The van der Waals surface area contributed by atoms with Gasteiger partial charge in [-0.05, 0) is 156 Å². The summed E-state index contributed by atoms with van der Waals surface area (Å²) in [6, 6.07) is 82.6. The molecule has 0 bridgehead atoms. The van der Waals surface area contributed by atoms with Gasteiger partial charge in [0.25, 0.3) is 0 Å². The summed E-state index contributed by atoms with van der Waals surface area (Å²) in [6.45, 7) is 9.40. The Bertz CT molecular complexity index is 3610. The molecule has 0 spiro atoms. The van der Waals surface area contributed by atoms with E-state index in [1.165, 1.54) is 89.0 Å². The lowest BCUT2D eigenvalue weighted by molar-refractivity contribution is 0.660. The maximum absolute atomic E-state index is 6.10. The molecule has 11 aromatic rings. The quantitative estimate of drug-likeness (QED) is 0.159. The molecule has 0 N–H and O–H groups in total. The monoisotopic (exact) mass is 871 g/mol. The lowest BCUT2D eigenvalue weighted by Crippen LogP contribution is -2.14. The highest BCUT2D eigenvalue weighted by Crippen LogP contribution is 2.51. The average Bonchev–Trinajstić information content (AvgIpc) is 3.96. The van der Waals surface area contributed by atoms with E-state index in [0.717, 1.165) is 39.0 Å². The summed E-state index contributed by atoms with van der Waals surface area (Å²) in [5, 5.41) is 2.29. The minimum Gasteiger partial charge on any atom is -0.456 e. The normalized spacial score (nSPS) is 13.8. The van der Waals surface area contributed by atoms with Gasteiger partial charge in [-0.1, -0.05) is 185 Å². The van der Waals surface area contributed by atoms with Crippen molar-refractivity contribution in [3.8, 4) is 66.8 Å². The Morgan fingerprint density at radius 2 is 0.618 bits per heavy atom. The number of benzene rings is 10. The number of hydrogen-bond donors (Lipinski definition) is 0. The van der Waals surface area contributed by atoms with E-state index in [2.05, 4.69) is 245 Å². The van der Waals surface area contributed by atoms with Gasteiger partial charge in [0.05, 0.1) is 0 Å². The smallest absolute Gasteiger partial charge is 0.135 e. The van der Waals surface area contributed by atoms with Crippen molar-refractivity contribution in [2.75, 3.05) is 4.90 Å². The Morgan fingerprint density at radius 3 is 1.10 bits per heavy atom. The summed E-state index contributed by atoms with van der Waals surface area (Å²) in [4.78, 5) is 2.38. The van der Waals surface area contributed by atoms with Gasteiger partial charge in [-0.3, -0.25) is 0 Å². The molecule has 0 unspecified atom stereocenters. The van der Waals surface area contributed by atoms with Crippen LogP contribution in [0.1, 0.15) is 49.9 Å². The molecule has 13 rings (SSSR count). The van der Waals surface area contributed by atoms with E-state index in [1.807, 2.05) is 12.1 Å². The summed E-state index contributed by atoms with van der Waals surface area (Å²) in [5.41, 5.74) is 25.6. The number of furan rings is 1. The van der Waals surface area contributed by atoms with Crippen molar-refractivity contribution in [3.63, 3.8) is 0 Å². The molecule has 0 saturated carbocycles. The molecule has 0 aliphatic heterocycles. The predicted octanol–water partition coefficient (Wildman–Crippen LogP) is 18.3. The molecule has 2 nitrogen and oxygen atoms in total. The number of fused-ring (bicyclic) bond motifs is 9. The molecule has 1 aromatic heterocycles. The highest BCUT2D eigenvalue weighted by molar-refractivity contribution is 6.06. The third kappa shape index (κ3) is 6.32. The second-order valence-corrected chi connectivity index (χ2v) is 19.7. The maximum atomic E-state index is 6.10. The number of hydrogen-bond acceptors (Lipinski definition) is 2. The topological polar surface area (TPSA) is 16.4 Å². The summed E-state index contributed by atoms with van der Waals surface area (Å²) in [6.07, 6.45) is 0. The molecule has 0 amide bonds. The van der Waals surface area contributed by atoms with E-state index in [0.29, 0.717) is 0 Å². The molecule has 2 aliphatic rings. The number of anilines is 3. The van der Waals surface area contributed by atoms with Gasteiger partial charge in [-0.15, -0.1) is 0 Å². The Balaban J connectivity index is 0.831. The van der Waals surface area contributed by atoms with E-state index in [-0.39, 0.29) is 10.8 Å². The third-order valence-electron chi connectivity index (χ3n) is 15.1. The van der Waals surface area contributed by atoms with Crippen LogP contribution in [0.25, 0.3) is 88.7 Å². The molecule has 0 atom stereocenters. The van der Waals surface area contributed by atoms with Crippen LogP contribution in [-0.4, -0.2) is 0 Å². The molecule has 10 aromatic carbocycles. The molecule has 324 valence electrons. The van der Waals surface area contributed by atoms with Crippen LogP contribution in [0, 0.1) is 0 Å². The molecule has 2 heteroatoms. The first-order valence-electron chi connectivity index (χ1n) is 23.8. The van der Waals surface area contributed by atoms with E-state index < -0.39 is 0 Å². The van der Waals surface area contributed by atoms with E-state index in [1.54, 1.807) is 0 Å². The number of rotatable bonds is 7.